The van der Waals surface area contributed by atoms with Crippen molar-refractivity contribution in [2.75, 3.05) is 11.5 Å². The standard InChI is InChI=1S/C7H12O2S2/c1-3-6(8)7(2)10-4-5-11(7)9/h3-5H2,1-2H3/t7-,11-/m1/s1. The Kier molecular flexibility index (Phi) is 2.75. The van der Waals surface area contributed by atoms with E-state index >= 15 is 0 Å². The van der Waals surface area contributed by atoms with Crippen LogP contribution in [0.4, 0.5) is 0 Å². The van der Waals surface area contributed by atoms with Gasteiger partial charge >= 0.3 is 0 Å². The molecule has 2 nitrogen and oxygen atoms in total. The molecule has 0 amide bonds. The predicted octanol–water partition coefficient (Wildman–Crippen LogP) is 1.18. The number of carbonyl (C=O) groups excluding carboxylic acids is 1. The van der Waals surface area contributed by atoms with Gasteiger partial charge in [0.1, 0.15) is 4.08 Å². The quantitative estimate of drug-likeness (QED) is 0.659. The molecule has 0 unspecified atom stereocenters. The molecular weight excluding hydrogens is 180 g/mol. The highest BCUT2D eigenvalue weighted by molar-refractivity contribution is 8.16. The summed E-state index contributed by atoms with van der Waals surface area (Å²) in [5.74, 6) is 1.65. The van der Waals surface area contributed by atoms with E-state index in [4.69, 9.17) is 0 Å². The molecule has 0 aromatic carbocycles. The summed E-state index contributed by atoms with van der Waals surface area (Å²) < 4.78 is 10.8. The van der Waals surface area contributed by atoms with Crippen LogP contribution in [0.5, 0.6) is 0 Å². The number of thioether (sulfide) groups is 1. The molecule has 0 aliphatic carbocycles. The van der Waals surface area contributed by atoms with Crippen molar-refractivity contribution in [1.82, 2.24) is 0 Å². The molecule has 1 fully saturated rings. The van der Waals surface area contributed by atoms with Crippen LogP contribution in [0, 0.1) is 0 Å². The summed E-state index contributed by atoms with van der Waals surface area (Å²) in [4.78, 5) is 11.3. The van der Waals surface area contributed by atoms with Crippen molar-refractivity contribution in [1.29, 1.82) is 0 Å². The molecule has 0 aromatic heterocycles. The molecule has 1 rings (SSSR count). The summed E-state index contributed by atoms with van der Waals surface area (Å²) in [6.45, 7) is 3.62. The molecule has 0 saturated carbocycles. The zero-order valence-electron chi connectivity index (χ0n) is 6.75. The van der Waals surface area contributed by atoms with Gasteiger partial charge in [0, 0.05) is 28.7 Å². The van der Waals surface area contributed by atoms with Crippen molar-refractivity contribution < 1.29 is 9.00 Å². The Morgan fingerprint density at radius 3 is 2.73 bits per heavy atom. The minimum absolute atomic E-state index is 0.123. The number of hydrogen-bond donors (Lipinski definition) is 0. The first-order chi connectivity index (χ1) is 5.11. The van der Waals surface area contributed by atoms with Crippen molar-refractivity contribution in [3.05, 3.63) is 0 Å². The zero-order chi connectivity index (χ0) is 8.48. The van der Waals surface area contributed by atoms with Gasteiger partial charge in [0.05, 0.1) is 0 Å². The second-order valence-corrected chi connectivity index (χ2v) is 6.31. The molecule has 1 aliphatic heterocycles. The van der Waals surface area contributed by atoms with Gasteiger partial charge in [-0.2, -0.15) is 0 Å². The fraction of sp³-hybridized carbons (Fsp3) is 0.857. The van der Waals surface area contributed by atoms with Gasteiger partial charge in [0.2, 0.25) is 0 Å². The molecule has 1 saturated heterocycles. The molecule has 0 bridgehead atoms. The summed E-state index contributed by atoms with van der Waals surface area (Å²) in [6.07, 6.45) is 0.495. The first-order valence-electron chi connectivity index (χ1n) is 3.67. The third kappa shape index (κ3) is 1.51. The molecule has 64 valence electrons. The number of hydrogen-bond acceptors (Lipinski definition) is 3. The number of ketones is 1. The lowest BCUT2D eigenvalue weighted by atomic mass is 10.2. The molecule has 0 aromatic rings. The fourth-order valence-corrected chi connectivity index (χ4v) is 4.55. The molecular formula is C7H12O2S2. The third-order valence-corrected chi connectivity index (χ3v) is 5.94. The van der Waals surface area contributed by atoms with E-state index in [1.54, 1.807) is 6.92 Å². The van der Waals surface area contributed by atoms with Gasteiger partial charge in [-0.25, -0.2) is 0 Å². The summed E-state index contributed by atoms with van der Waals surface area (Å²) >= 11 is 1.54. The van der Waals surface area contributed by atoms with Crippen LogP contribution in [0.25, 0.3) is 0 Å². The van der Waals surface area contributed by atoms with Crippen molar-refractivity contribution in [2.45, 2.75) is 24.3 Å². The zero-order valence-corrected chi connectivity index (χ0v) is 8.39. The van der Waals surface area contributed by atoms with Crippen LogP contribution < -0.4 is 0 Å². The highest BCUT2D eigenvalue weighted by atomic mass is 32.2. The number of rotatable bonds is 2. The van der Waals surface area contributed by atoms with E-state index in [0.29, 0.717) is 12.2 Å². The Hall–Kier alpha value is 0.170. The lowest BCUT2D eigenvalue weighted by Crippen LogP contribution is -2.32. The lowest BCUT2D eigenvalue weighted by Gasteiger charge is -2.18. The second kappa shape index (κ2) is 3.27. The first kappa shape index (κ1) is 9.26. The van der Waals surface area contributed by atoms with Crippen LogP contribution in [0.3, 0.4) is 0 Å². The Morgan fingerprint density at radius 2 is 2.36 bits per heavy atom. The van der Waals surface area contributed by atoms with Crippen molar-refractivity contribution in [3.63, 3.8) is 0 Å². The van der Waals surface area contributed by atoms with E-state index in [9.17, 15) is 9.00 Å². The monoisotopic (exact) mass is 192 g/mol. The molecule has 4 heteroatoms. The molecule has 1 aliphatic rings. The van der Waals surface area contributed by atoms with Gasteiger partial charge in [-0.15, -0.1) is 11.8 Å². The van der Waals surface area contributed by atoms with E-state index < -0.39 is 14.9 Å². The van der Waals surface area contributed by atoms with Crippen molar-refractivity contribution in [3.8, 4) is 0 Å². The van der Waals surface area contributed by atoms with Gasteiger partial charge in [-0.1, -0.05) is 6.92 Å². The van der Waals surface area contributed by atoms with Crippen LogP contribution in [-0.4, -0.2) is 25.6 Å². The minimum atomic E-state index is -0.943. The molecule has 2 atom stereocenters. The van der Waals surface area contributed by atoms with E-state index in [-0.39, 0.29) is 5.78 Å². The van der Waals surface area contributed by atoms with Gasteiger partial charge in [0.25, 0.3) is 0 Å². The van der Waals surface area contributed by atoms with Crippen LogP contribution in [0.15, 0.2) is 0 Å². The van der Waals surface area contributed by atoms with E-state index in [1.807, 2.05) is 6.92 Å². The Labute approximate surface area is 73.6 Å². The largest absolute Gasteiger partial charge is 0.297 e. The lowest BCUT2D eigenvalue weighted by molar-refractivity contribution is -0.118. The Balaban J connectivity index is 2.80. The van der Waals surface area contributed by atoms with Crippen molar-refractivity contribution >= 4 is 28.3 Å². The average Bonchev–Trinajstić information content (AvgIpc) is 2.32. The van der Waals surface area contributed by atoms with Gasteiger partial charge in [-0.3, -0.25) is 9.00 Å². The number of Topliss-reactive ketones (excluding diaryl/α,β-unsaturated/α-hetero) is 1. The first-order valence-corrected chi connectivity index (χ1v) is 5.97. The normalized spacial score (nSPS) is 37.5. The van der Waals surface area contributed by atoms with Crippen LogP contribution in [0.1, 0.15) is 20.3 Å². The summed E-state index contributed by atoms with van der Waals surface area (Å²) in [5.41, 5.74) is 0. The third-order valence-electron chi connectivity index (χ3n) is 1.91. The smallest absolute Gasteiger partial charge is 0.160 e. The molecule has 11 heavy (non-hydrogen) atoms. The van der Waals surface area contributed by atoms with Crippen molar-refractivity contribution in [2.24, 2.45) is 0 Å². The highest BCUT2D eigenvalue weighted by Crippen LogP contribution is 2.36. The van der Waals surface area contributed by atoms with Crippen LogP contribution >= 0.6 is 11.8 Å². The highest BCUT2D eigenvalue weighted by Gasteiger charge is 2.42. The van der Waals surface area contributed by atoms with Gasteiger partial charge in [0.15, 0.2) is 5.78 Å². The average molecular weight is 192 g/mol. The van der Waals surface area contributed by atoms with Gasteiger partial charge in [-0.05, 0) is 6.92 Å². The van der Waals surface area contributed by atoms with Gasteiger partial charge < -0.3 is 0 Å². The van der Waals surface area contributed by atoms with Crippen LogP contribution in [0.2, 0.25) is 0 Å². The number of carbonyl (C=O) groups is 1. The predicted molar refractivity (Wildman–Crippen MR) is 49.2 cm³/mol. The molecule has 0 radical (unpaired) electrons. The molecule has 1 heterocycles. The Bertz CT molecular complexity index is 203. The van der Waals surface area contributed by atoms with E-state index in [2.05, 4.69) is 0 Å². The maximum Gasteiger partial charge on any atom is 0.160 e. The minimum Gasteiger partial charge on any atom is -0.297 e. The van der Waals surface area contributed by atoms with Crippen LogP contribution in [-0.2, 0) is 15.6 Å². The molecule has 0 N–H and O–H groups in total. The van der Waals surface area contributed by atoms with E-state index in [1.165, 1.54) is 11.8 Å². The maximum absolute atomic E-state index is 11.4. The second-order valence-electron chi connectivity index (χ2n) is 2.62. The maximum atomic E-state index is 11.4. The Morgan fingerprint density at radius 1 is 1.73 bits per heavy atom. The van der Waals surface area contributed by atoms with E-state index in [0.717, 1.165) is 5.75 Å². The SMILES string of the molecule is CCC(=O)[C@]1(C)SCC[S@]1=O. The summed E-state index contributed by atoms with van der Waals surface area (Å²) in [5, 5.41) is 0. The topological polar surface area (TPSA) is 34.1 Å². The molecule has 0 spiro atoms. The fourth-order valence-electron chi connectivity index (χ4n) is 1.10. The summed E-state index contributed by atoms with van der Waals surface area (Å²) in [6, 6.07) is 0. The summed E-state index contributed by atoms with van der Waals surface area (Å²) in [7, 11) is -0.943.